The van der Waals surface area contributed by atoms with Crippen LogP contribution in [-0.4, -0.2) is 29.9 Å². The van der Waals surface area contributed by atoms with Crippen LogP contribution in [0.2, 0.25) is 0 Å². The predicted molar refractivity (Wildman–Crippen MR) is 91.8 cm³/mol. The molecule has 2 atom stereocenters. The van der Waals surface area contributed by atoms with Gasteiger partial charge >= 0.3 is 0 Å². The van der Waals surface area contributed by atoms with E-state index in [9.17, 15) is 4.79 Å². The highest BCUT2D eigenvalue weighted by molar-refractivity contribution is 5.81. The van der Waals surface area contributed by atoms with Crippen molar-refractivity contribution < 1.29 is 4.79 Å². The maximum Gasteiger partial charge on any atom is 0.239 e. The van der Waals surface area contributed by atoms with Gasteiger partial charge in [-0.25, -0.2) is 0 Å². The van der Waals surface area contributed by atoms with Gasteiger partial charge in [0, 0.05) is 19.1 Å². The van der Waals surface area contributed by atoms with Crippen LogP contribution < -0.4 is 5.32 Å². The van der Waals surface area contributed by atoms with Gasteiger partial charge in [-0.3, -0.25) is 10.1 Å². The summed E-state index contributed by atoms with van der Waals surface area (Å²) in [4.78, 5) is 14.6. The summed E-state index contributed by atoms with van der Waals surface area (Å²) in [6.45, 7) is 10.4. The molecule has 1 N–H and O–H groups in total. The number of carbonyl (C=O) groups is 1. The SMILES string of the molecule is CCc1ccc(C(C)NC(C)C(=O)N2CCC(C)CC2)cc1. The molecule has 3 heteroatoms. The fourth-order valence-corrected chi connectivity index (χ4v) is 3.09. The van der Waals surface area contributed by atoms with Gasteiger partial charge in [0.05, 0.1) is 6.04 Å². The summed E-state index contributed by atoms with van der Waals surface area (Å²) >= 11 is 0. The molecule has 1 amide bonds. The molecule has 1 aliphatic heterocycles. The fourth-order valence-electron chi connectivity index (χ4n) is 3.09. The van der Waals surface area contributed by atoms with Crippen molar-refractivity contribution in [1.29, 1.82) is 0 Å². The largest absolute Gasteiger partial charge is 0.341 e. The van der Waals surface area contributed by atoms with Crippen LogP contribution in [0.1, 0.15) is 57.7 Å². The van der Waals surface area contributed by atoms with Crippen molar-refractivity contribution in [2.45, 2.75) is 59.0 Å². The summed E-state index contributed by atoms with van der Waals surface area (Å²) in [5.74, 6) is 0.993. The summed E-state index contributed by atoms with van der Waals surface area (Å²) in [6, 6.07) is 8.73. The van der Waals surface area contributed by atoms with Crippen molar-refractivity contribution in [3.63, 3.8) is 0 Å². The molecular formula is C19H30N2O. The van der Waals surface area contributed by atoms with Gasteiger partial charge < -0.3 is 4.90 Å². The smallest absolute Gasteiger partial charge is 0.239 e. The summed E-state index contributed by atoms with van der Waals surface area (Å²) in [5.41, 5.74) is 2.59. The van der Waals surface area contributed by atoms with Crippen molar-refractivity contribution >= 4 is 5.91 Å². The molecule has 0 bridgehead atoms. The Morgan fingerprint density at radius 2 is 1.82 bits per heavy atom. The van der Waals surface area contributed by atoms with Crippen molar-refractivity contribution in [3.05, 3.63) is 35.4 Å². The molecule has 22 heavy (non-hydrogen) atoms. The first kappa shape index (κ1) is 17.0. The maximum atomic E-state index is 12.5. The summed E-state index contributed by atoms with van der Waals surface area (Å²) in [7, 11) is 0. The third-order valence-electron chi connectivity index (χ3n) is 4.85. The van der Waals surface area contributed by atoms with Gasteiger partial charge in [-0.15, -0.1) is 0 Å². The van der Waals surface area contributed by atoms with Gasteiger partial charge in [0.25, 0.3) is 0 Å². The molecule has 1 aliphatic rings. The van der Waals surface area contributed by atoms with Gasteiger partial charge in [-0.2, -0.15) is 0 Å². The number of rotatable bonds is 5. The predicted octanol–water partition coefficient (Wildman–Crippen LogP) is 3.55. The van der Waals surface area contributed by atoms with Gasteiger partial charge in [-0.1, -0.05) is 38.1 Å². The van der Waals surface area contributed by atoms with E-state index in [4.69, 9.17) is 0 Å². The molecule has 0 saturated carbocycles. The van der Waals surface area contributed by atoms with E-state index in [0.717, 1.165) is 38.3 Å². The highest BCUT2D eigenvalue weighted by Crippen LogP contribution is 2.18. The van der Waals surface area contributed by atoms with E-state index >= 15 is 0 Å². The van der Waals surface area contributed by atoms with Gasteiger partial charge in [-0.05, 0) is 50.2 Å². The molecule has 0 spiro atoms. The zero-order valence-corrected chi connectivity index (χ0v) is 14.4. The van der Waals surface area contributed by atoms with Crippen LogP contribution in [0.25, 0.3) is 0 Å². The molecule has 2 unspecified atom stereocenters. The molecule has 1 aromatic rings. The maximum absolute atomic E-state index is 12.5. The second kappa shape index (κ2) is 7.77. The summed E-state index contributed by atoms with van der Waals surface area (Å²) < 4.78 is 0. The van der Waals surface area contributed by atoms with Crippen LogP contribution in [-0.2, 0) is 11.2 Å². The van der Waals surface area contributed by atoms with Crippen molar-refractivity contribution in [2.75, 3.05) is 13.1 Å². The lowest BCUT2D eigenvalue weighted by Crippen LogP contribution is -2.48. The summed E-state index contributed by atoms with van der Waals surface area (Å²) in [6.07, 6.45) is 3.32. The Bertz CT molecular complexity index is 475. The Balaban J connectivity index is 1.89. The van der Waals surface area contributed by atoms with E-state index in [2.05, 4.69) is 50.4 Å². The number of piperidine rings is 1. The number of nitrogens with zero attached hydrogens (tertiary/aromatic N) is 1. The van der Waals surface area contributed by atoms with Crippen LogP contribution in [0, 0.1) is 5.92 Å². The van der Waals surface area contributed by atoms with E-state index in [1.807, 2.05) is 11.8 Å². The van der Waals surface area contributed by atoms with E-state index in [1.54, 1.807) is 0 Å². The summed E-state index contributed by atoms with van der Waals surface area (Å²) in [5, 5.41) is 3.45. The number of carbonyl (C=O) groups excluding carboxylic acids is 1. The van der Waals surface area contributed by atoms with Gasteiger partial charge in [0.1, 0.15) is 0 Å². The number of benzene rings is 1. The topological polar surface area (TPSA) is 32.3 Å². The molecule has 1 aromatic carbocycles. The van der Waals surface area contributed by atoms with Gasteiger partial charge in [0.2, 0.25) is 5.91 Å². The Hall–Kier alpha value is -1.35. The van der Waals surface area contributed by atoms with Crippen LogP contribution >= 0.6 is 0 Å². The normalized spacial score (nSPS) is 19.0. The third kappa shape index (κ3) is 4.33. The monoisotopic (exact) mass is 302 g/mol. The molecule has 2 rings (SSSR count). The molecule has 1 saturated heterocycles. The lowest BCUT2D eigenvalue weighted by Gasteiger charge is -2.33. The first-order chi connectivity index (χ1) is 10.5. The van der Waals surface area contributed by atoms with Crippen LogP contribution in [0.4, 0.5) is 0 Å². The number of hydrogen-bond donors (Lipinski definition) is 1. The first-order valence-electron chi connectivity index (χ1n) is 8.65. The molecular weight excluding hydrogens is 272 g/mol. The Kier molecular flexibility index (Phi) is 6.01. The van der Waals surface area contributed by atoms with E-state index in [1.165, 1.54) is 11.1 Å². The lowest BCUT2D eigenvalue weighted by atomic mass is 9.98. The molecule has 0 aromatic heterocycles. The highest BCUT2D eigenvalue weighted by Gasteiger charge is 2.25. The Labute approximate surface area is 135 Å². The number of amides is 1. The average Bonchev–Trinajstić information content (AvgIpc) is 2.54. The number of hydrogen-bond acceptors (Lipinski definition) is 2. The standard InChI is InChI=1S/C19H30N2O/c1-5-17-6-8-18(9-7-17)15(3)20-16(4)19(22)21-12-10-14(2)11-13-21/h6-9,14-16,20H,5,10-13H2,1-4H3. The van der Waals surface area contributed by atoms with E-state index < -0.39 is 0 Å². The third-order valence-corrected chi connectivity index (χ3v) is 4.85. The molecule has 122 valence electrons. The zero-order valence-electron chi connectivity index (χ0n) is 14.4. The molecule has 0 aliphatic carbocycles. The molecule has 1 fully saturated rings. The van der Waals surface area contributed by atoms with E-state index in [0.29, 0.717) is 0 Å². The Morgan fingerprint density at radius 1 is 1.23 bits per heavy atom. The first-order valence-corrected chi connectivity index (χ1v) is 8.65. The van der Waals surface area contributed by atoms with Crippen molar-refractivity contribution in [1.82, 2.24) is 10.2 Å². The second-order valence-corrected chi connectivity index (χ2v) is 6.71. The minimum Gasteiger partial charge on any atom is -0.341 e. The second-order valence-electron chi connectivity index (χ2n) is 6.71. The van der Waals surface area contributed by atoms with Crippen molar-refractivity contribution in [2.24, 2.45) is 5.92 Å². The lowest BCUT2D eigenvalue weighted by molar-refractivity contribution is -0.134. The molecule has 1 heterocycles. The molecule has 0 radical (unpaired) electrons. The van der Waals surface area contributed by atoms with Crippen molar-refractivity contribution in [3.8, 4) is 0 Å². The highest BCUT2D eigenvalue weighted by atomic mass is 16.2. The Morgan fingerprint density at radius 3 is 2.36 bits per heavy atom. The minimum atomic E-state index is -0.130. The van der Waals surface area contributed by atoms with Gasteiger partial charge in [0.15, 0.2) is 0 Å². The quantitative estimate of drug-likeness (QED) is 0.902. The van der Waals surface area contributed by atoms with Crippen LogP contribution in [0.3, 0.4) is 0 Å². The molecule has 3 nitrogen and oxygen atoms in total. The number of aryl methyl sites for hydroxylation is 1. The zero-order chi connectivity index (χ0) is 16.1. The number of likely N-dealkylation sites (tertiary alicyclic amines) is 1. The number of nitrogens with one attached hydrogen (secondary N) is 1. The fraction of sp³-hybridized carbons (Fsp3) is 0.632. The average molecular weight is 302 g/mol. The van der Waals surface area contributed by atoms with Crippen LogP contribution in [0.15, 0.2) is 24.3 Å². The minimum absolute atomic E-state index is 0.130. The van der Waals surface area contributed by atoms with E-state index in [-0.39, 0.29) is 18.0 Å². The van der Waals surface area contributed by atoms with Crippen LogP contribution in [0.5, 0.6) is 0 Å².